The number of nitrogens with one attached hydrogen (secondary N) is 2. The lowest BCUT2D eigenvalue weighted by molar-refractivity contribution is 0.445. The van der Waals surface area contributed by atoms with Gasteiger partial charge < -0.3 is 10.3 Å². The molecule has 0 fully saturated rings. The van der Waals surface area contributed by atoms with Crippen LogP contribution in [0.25, 0.3) is 10.9 Å². The average Bonchev–Trinajstić information content (AvgIpc) is 2.83. The van der Waals surface area contributed by atoms with Gasteiger partial charge in [0.2, 0.25) is 0 Å². The fourth-order valence-electron chi connectivity index (χ4n) is 3.27. The number of para-hydroxylation sites is 1. The van der Waals surface area contributed by atoms with Gasteiger partial charge in [0.15, 0.2) is 0 Å². The molecule has 1 aliphatic carbocycles. The van der Waals surface area contributed by atoms with Crippen molar-refractivity contribution in [1.82, 2.24) is 10.3 Å². The lowest BCUT2D eigenvalue weighted by Gasteiger charge is -2.24. The predicted molar refractivity (Wildman–Crippen MR) is 81.5 cm³/mol. The van der Waals surface area contributed by atoms with E-state index < -0.39 is 0 Å². The maximum Gasteiger partial charge on any atom is 0.0476 e. The van der Waals surface area contributed by atoms with Crippen LogP contribution in [0.4, 0.5) is 0 Å². The first kappa shape index (κ1) is 12.7. The van der Waals surface area contributed by atoms with E-state index in [1.54, 1.807) is 5.56 Å². The summed E-state index contributed by atoms with van der Waals surface area (Å²) >= 11 is 0. The third-order valence-corrected chi connectivity index (χ3v) is 4.29. The molecule has 102 valence electrons. The standard InChI is InChI=1S/C17H24N2/c1-2-3-6-12-18-16-11-7-9-14-13-8-4-5-10-15(13)19-17(14)16/h4-5,8,10,16,18-19H,2-3,6-7,9,11-12H2,1H3. The highest BCUT2D eigenvalue weighted by Crippen LogP contribution is 2.34. The Balaban J connectivity index is 1.79. The van der Waals surface area contributed by atoms with Gasteiger partial charge in [0.1, 0.15) is 0 Å². The minimum atomic E-state index is 0.535. The van der Waals surface area contributed by atoms with E-state index in [9.17, 15) is 0 Å². The summed E-state index contributed by atoms with van der Waals surface area (Å²) in [5, 5.41) is 5.17. The highest BCUT2D eigenvalue weighted by molar-refractivity contribution is 5.85. The Hall–Kier alpha value is -1.28. The number of hydrogen-bond donors (Lipinski definition) is 2. The number of aromatic amines is 1. The molecule has 0 aliphatic heterocycles. The van der Waals surface area contributed by atoms with Crippen molar-refractivity contribution < 1.29 is 0 Å². The second-order valence-corrected chi connectivity index (χ2v) is 5.67. The number of H-pyrrole nitrogens is 1. The van der Waals surface area contributed by atoms with Crippen LogP contribution in [-0.2, 0) is 6.42 Å². The van der Waals surface area contributed by atoms with Crippen molar-refractivity contribution >= 4 is 10.9 Å². The maximum atomic E-state index is 3.74. The summed E-state index contributed by atoms with van der Waals surface area (Å²) in [6.07, 6.45) is 7.73. The molecule has 2 heteroatoms. The molecule has 0 saturated heterocycles. The van der Waals surface area contributed by atoms with Crippen LogP contribution in [-0.4, -0.2) is 11.5 Å². The van der Waals surface area contributed by atoms with E-state index in [0.717, 1.165) is 6.54 Å². The molecule has 1 aromatic heterocycles. The molecular weight excluding hydrogens is 232 g/mol. The molecule has 1 unspecified atom stereocenters. The molecule has 2 aromatic rings. The molecule has 0 bridgehead atoms. The van der Waals surface area contributed by atoms with Gasteiger partial charge in [-0.05, 0) is 43.9 Å². The second kappa shape index (κ2) is 5.79. The molecule has 19 heavy (non-hydrogen) atoms. The van der Waals surface area contributed by atoms with Gasteiger partial charge in [0.05, 0.1) is 0 Å². The van der Waals surface area contributed by atoms with Crippen LogP contribution in [0.2, 0.25) is 0 Å². The highest BCUT2D eigenvalue weighted by atomic mass is 14.9. The van der Waals surface area contributed by atoms with E-state index in [4.69, 9.17) is 0 Å². The molecule has 0 amide bonds. The summed E-state index contributed by atoms with van der Waals surface area (Å²) < 4.78 is 0. The zero-order valence-electron chi connectivity index (χ0n) is 11.8. The van der Waals surface area contributed by atoms with Gasteiger partial charge in [-0.2, -0.15) is 0 Å². The van der Waals surface area contributed by atoms with Crippen molar-refractivity contribution in [3.05, 3.63) is 35.5 Å². The minimum absolute atomic E-state index is 0.535. The van der Waals surface area contributed by atoms with Crippen molar-refractivity contribution in [3.63, 3.8) is 0 Å². The zero-order valence-corrected chi connectivity index (χ0v) is 11.8. The van der Waals surface area contributed by atoms with Gasteiger partial charge in [0, 0.05) is 22.6 Å². The van der Waals surface area contributed by atoms with E-state index in [2.05, 4.69) is 41.5 Å². The van der Waals surface area contributed by atoms with Crippen molar-refractivity contribution in [2.45, 2.75) is 51.5 Å². The Morgan fingerprint density at radius 2 is 2.16 bits per heavy atom. The Morgan fingerprint density at radius 3 is 3.05 bits per heavy atom. The molecular formula is C17H24N2. The minimum Gasteiger partial charge on any atom is -0.357 e. The Labute approximate surface area is 115 Å². The second-order valence-electron chi connectivity index (χ2n) is 5.67. The summed E-state index contributed by atoms with van der Waals surface area (Å²) in [5.74, 6) is 0. The zero-order chi connectivity index (χ0) is 13.1. The summed E-state index contributed by atoms with van der Waals surface area (Å²) in [5.41, 5.74) is 4.30. The predicted octanol–water partition coefficient (Wildman–Crippen LogP) is 4.33. The molecule has 0 saturated carbocycles. The van der Waals surface area contributed by atoms with Crippen LogP contribution in [0.5, 0.6) is 0 Å². The largest absolute Gasteiger partial charge is 0.357 e. The molecule has 1 aliphatic rings. The van der Waals surface area contributed by atoms with Crippen LogP contribution in [0, 0.1) is 0 Å². The van der Waals surface area contributed by atoms with E-state index >= 15 is 0 Å². The lowest BCUT2D eigenvalue weighted by atomic mass is 9.91. The van der Waals surface area contributed by atoms with E-state index in [1.807, 2.05) is 0 Å². The molecule has 1 aromatic carbocycles. The first-order chi connectivity index (χ1) is 9.40. The summed E-state index contributed by atoms with van der Waals surface area (Å²) in [6, 6.07) is 9.25. The highest BCUT2D eigenvalue weighted by Gasteiger charge is 2.23. The molecule has 2 nitrogen and oxygen atoms in total. The Bertz CT molecular complexity index is 541. The van der Waals surface area contributed by atoms with Crippen LogP contribution < -0.4 is 5.32 Å². The number of fused-ring (bicyclic) bond motifs is 3. The lowest BCUT2D eigenvalue weighted by Crippen LogP contribution is -2.26. The molecule has 1 atom stereocenters. The maximum absolute atomic E-state index is 3.74. The van der Waals surface area contributed by atoms with Crippen LogP contribution in [0.1, 0.15) is 56.3 Å². The van der Waals surface area contributed by atoms with Crippen LogP contribution in [0.15, 0.2) is 24.3 Å². The Kier molecular flexibility index (Phi) is 3.88. The van der Waals surface area contributed by atoms with Crippen molar-refractivity contribution in [2.75, 3.05) is 6.54 Å². The van der Waals surface area contributed by atoms with Crippen molar-refractivity contribution in [1.29, 1.82) is 0 Å². The number of unbranched alkanes of at least 4 members (excludes halogenated alkanes) is 2. The third-order valence-electron chi connectivity index (χ3n) is 4.29. The fraction of sp³-hybridized carbons (Fsp3) is 0.529. The summed E-state index contributed by atoms with van der Waals surface area (Å²) in [6.45, 7) is 3.41. The van der Waals surface area contributed by atoms with Gasteiger partial charge in [-0.1, -0.05) is 38.0 Å². The van der Waals surface area contributed by atoms with E-state index in [1.165, 1.54) is 55.1 Å². The van der Waals surface area contributed by atoms with E-state index in [-0.39, 0.29) is 0 Å². The Morgan fingerprint density at radius 1 is 1.26 bits per heavy atom. The molecule has 1 heterocycles. The molecule has 0 radical (unpaired) electrons. The van der Waals surface area contributed by atoms with Crippen LogP contribution >= 0.6 is 0 Å². The van der Waals surface area contributed by atoms with Gasteiger partial charge in [-0.3, -0.25) is 0 Å². The van der Waals surface area contributed by atoms with Gasteiger partial charge >= 0.3 is 0 Å². The number of benzene rings is 1. The third kappa shape index (κ3) is 2.55. The smallest absolute Gasteiger partial charge is 0.0476 e. The number of aromatic nitrogens is 1. The first-order valence-electron chi connectivity index (χ1n) is 7.73. The monoisotopic (exact) mass is 256 g/mol. The number of rotatable bonds is 5. The van der Waals surface area contributed by atoms with Crippen molar-refractivity contribution in [3.8, 4) is 0 Å². The fourth-order valence-corrected chi connectivity index (χ4v) is 3.27. The van der Waals surface area contributed by atoms with Gasteiger partial charge in [-0.15, -0.1) is 0 Å². The summed E-state index contributed by atoms with van der Waals surface area (Å²) in [4.78, 5) is 3.64. The van der Waals surface area contributed by atoms with Gasteiger partial charge in [-0.25, -0.2) is 0 Å². The van der Waals surface area contributed by atoms with Gasteiger partial charge in [0.25, 0.3) is 0 Å². The molecule has 2 N–H and O–H groups in total. The van der Waals surface area contributed by atoms with E-state index in [0.29, 0.717) is 6.04 Å². The number of hydrogen-bond acceptors (Lipinski definition) is 1. The first-order valence-corrected chi connectivity index (χ1v) is 7.73. The molecule has 3 rings (SSSR count). The average molecular weight is 256 g/mol. The molecule has 0 spiro atoms. The topological polar surface area (TPSA) is 27.8 Å². The van der Waals surface area contributed by atoms with Crippen LogP contribution in [0.3, 0.4) is 0 Å². The number of aryl methyl sites for hydroxylation is 1. The SMILES string of the molecule is CCCCCNC1CCCc2c1[nH]c1ccccc21. The normalized spacial score (nSPS) is 18.7. The van der Waals surface area contributed by atoms with Crippen molar-refractivity contribution in [2.24, 2.45) is 0 Å². The quantitative estimate of drug-likeness (QED) is 0.766. The summed E-state index contributed by atoms with van der Waals surface area (Å²) in [7, 11) is 0.